The van der Waals surface area contributed by atoms with E-state index in [1.807, 2.05) is 0 Å². The highest BCUT2D eigenvalue weighted by atomic mass is 35.5. The second-order valence-electron chi connectivity index (χ2n) is 4.12. The lowest BCUT2D eigenvalue weighted by atomic mass is 10.0. The highest BCUT2D eigenvalue weighted by Crippen LogP contribution is 2.33. The van der Waals surface area contributed by atoms with E-state index in [4.69, 9.17) is 11.6 Å². The summed E-state index contributed by atoms with van der Waals surface area (Å²) in [5.74, 6) is -3.53. The number of ketones is 1. The molecule has 0 saturated heterocycles. The van der Waals surface area contributed by atoms with E-state index in [1.54, 1.807) is 0 Å². The van der Waals surface area contributed by atoms with E-state index in [9.17, 15) is 26.7 Å². The van der Waals surface area contributed by atoms with Gasteiger partial charge < -0.3 is 0 Å². The van der Waals surface area contributed by atoms with Crippen molar-refractivity contribution in [3.05, 3.63) is 69.7 Å². The van der Waals surface area contributed by atoms with Gasteiger partial charge in [0.05, 0.1) is 16.1 Å². The van der Waals surface area contributed by atoms with Gasteiger partial charge in [0.2, 0.25) is 0 Å². The van der Waals surface area contributed by atoms with E-state index in [-0.39, 0.29) is 5.02 Å². The monoisotopic (exact) mass is 320 g/mol. The maximum atomic E-state index is 13.6. The number of rotatable bonds is 2. The van der Waals surface area contributed by atoms with Crippen LogP contribution in [-0.2, 0) is 6.18 Å². The van der Waals surface area contributed by atoms with Crippen LogP contribution in [0.4, 0.5) is 22.0 Å². The number of halogens is 6. The van der Waals surface area contributed by atoms with Crippen molar-refractivity contribution in [2.24, 2.45) is 0 Å². The molecule has 0 aliphatic rings. The Kier molecular flexibility index (Phi) is 4.00. The van der Waals surface area contributed by atoms with Crippen LogP contribution in [-0.4, -0.2) is 5.78 Å². The summed E-state index contributed by atoms with van der Waals surface area (Å²) >= 11 is 5.68. The molecule has 0 unspecified atom stereocenters. The Hall–Kier alpha value is -1.95. The smallest absolute Gasteiger partial charge is 0.288 e. The molecular weight excluding hydrogens is 315 g/mol. The number of benzene rings is 2. The van der Waals surface area contributed by atoms with Crippen LogP contribution in [0.3, 0.4) is 0 Å². The van der Waals surface area contributed by atoms with Crippen molar-refractivity contribution < 1.29 is 26.7 Å². The molecule has 2 rings (SSSR count). The minimum atomic E-state index is -4.96. The van der Waals surface area contributed by atoms with Gasteiger partial charge in [-0.25, -0.2) is 8.78 Å². The molecule has 0 aromatic heterocycles. The summed E-state index contributed by atoms with van der Waals surface area (Å²) in [4.78, 5) is 12.1. The molecule has 2 aromatic rings. The van der Waals surface area contributed by atoms with E-state index in [0.717, 1.165) is 12.1 Å². The first-order valence-electron chi connectivity index (χ1n) is 5.57. The summed E-state index contributed by atoms with van der Waals surface area (Å²) < 4.78 is 64.6. The second-order valence-corrected chi connectivity index (χ2v) is 4.53. The van der Waals surface area contributed by atoms with Gasteiger partial charge in [-0.05, 0) is 30.3 Å². The highest BCUT2D eigenvalue weighted by molar-refractivity contribution is 6.35. The summed E-state index contributed by atoms with van der Waals surface area (Å²) in [7, 11) is 0. The number of carbonyl (C=O) groups is 1. The second kappa shape index (κ2) is 5.44. The summed E-state index contributed by atoms with van der Waals surface area (Å²) in [5, 5.41) is -0.238. The fourth-order valence-corrected chi connectivity index (χ4v) is 1.99. The molecule has 0 fully saturated rings. The van der Waals surface area contributed by atoms with Gasteiger partial charge in [-0.1, -0.05) is 17.7 Å². The maximum Gasteiger partial charge on any atom is 0.419 e. The zero-order valence-electron chi connectivity index (χ0n) is 10.1. The molecule has 0 radical (unpaired) electrons. The number of hydrogen-bond acceptors (Lipinski definition) is 1. The molecule has 2 aromatic carbocycles. The minimum Gasteiger partial charge on any atom is -0.288 e. The molecule has 0 N–H and O–H groups in total. The van der Waals surface area contributed by atoms with Gasteiger partial charge in [0, 0.05) is 5.56 Å². The lowest BCUT2D eigenvalue weighted by molar-refractivity contribution is -0.140. The number of hydrogen-bond donors (Lipinski definition) is 0. The fraction of sp³-hybridized carbons (Fsp3) is 0.0714. The Bertz CT molecular complexity index is 689. The lowest BCUT2D eigenvalue weighted by Gasteiger charge is -2.10. The molecule has 110 valence electrons. The largest absolute Gasteiger partial charge is 0.419 e. The third-order valence-corrected chi connectivity index (χ3v) is 3.04. The van der Waals surface area contributed by atoms with Crippen molar-refractivity contribution in [1.29, 1.82) is 0 Å². The molecular formula is C14H6ClF5O. The van der Waals surface area contributed by atoms with Crippen molar-refractivity contribution in [3.63, 3.8) is 0 Å². The van der Waals surface area contributed by atoms with Gasteiger partial charge in [0.15, 0.2) is 5.78 Å². The first-order valence-corrected chi connectivity index (χ1v) is 5.95. The highest BCUT2D eigenvalue weighted by Gasteiger charge is 2.35. The Morgan fingerprint density at radius 3 is 2.24 bits per heavy atom. The molecule has 0 spiro atoms. The van der Waals surface area contributed by atoms with E-state index in [1.165, 1.54) is 12.1 Å². The molecule has 0 saturated carbocycles. The Balaban J connectivity index is 2.55. The maximum absolute atomic E-state index is 13.6. The standard InChI is InChI=1S/C14H6ClF5O/c15-9-2-1-3-11(17)12(9)13(21)7-4-5-10(16)8(6-7)14(18,19)20/h1-6H. The van der Waals surface area contributed by atoms with Crippen LogP contribution >= 0.6 is 11.6 Å². The van der Waals surface area contributed by atoms with Gasteiger partial charge in [-0.3, -0.25) is 4.79 Å². The normalized spacial score (nSPS) is 11.5. The van der Waals surface area contributed by atoms with Gasteiger partial charge >= 0.3 is 6.18 Å². The van der Waals surface area contributed by atoms with Gasteiger partial charge in [0.1, 0.15) is 11.6 Å². The molecule has 0 atom stereocenters. The summed E-state index contributed by atoms with van der Waals surface area (Å²) in [6.07, 6.45) is -4.96. The first-order chi connectivity index (χ1) is 9.71. The van der Waals surface area contributed by atoms with Crippen LogP contribution in [0.1, 0.15) is 21.5 Å². The van der Waals surface area contributed by atoms with Gasteiger partial charge in [-0.2, -0.15) is 13.2 Å². The van der Waals surface area contributed by atoms with Crippen LogP contribution < -0.4 is 0 Å². The zero-order valence-corrected chi connectivity index (χ0v) is 10.9. The minimum absolute atomic E-state index is 0.238. The van der Waals surface area contributed by atoms with Gasteiger partial charge in [0.25, 0.3) is 0 Å². The topological polar surface area (TPSA) is 17.1 Å². The third-order valence-electron chi connectivity index (χ3n) is 2.72. The third kappa shape index (κ3) is 3.05. The molecule has 0 aliphatic carbocycles. The van der Waals surface area contributed by atoms with E-state index in [2.05, 4.69) is 0 Å². The van der Waals surface area contributed by atoms with Crippen molar-refractivity contribution in [3.8, 4) is 0 Å². The fourth-order valence-electron chi connectivity index (χ4n) is 1.74. The molecule has 1 nitrogen and oxygen atoms in total. The summed E-state index contributed by atoms with van der Waals surface area (Å²) in [6.45, 7) is 0. The predicted molar refractivity (Wildman–Crippen MR) is 66.2 cm³/mol. The zero-order chi connectivity index (χ0) is 15.8. The van der Waals surface area contributed by atoms with Crippen molar-refractivity contribution >= 4 is 17.4 Å². The number of alkyl halides is 3. The van der Waals surface area contributed by atoms with Crippen LogP contribution in [0.15, 0.2) is 36.4 Å². The molecule has 0 aliphatic heterocycles. The van der Waals surface area contributed by atoms with Crippen molar-refractivity contribution in [1.82, 2.24) is 0 Å². The SMILES string of the molecule is O=C(c1ccc(F)c(C(F)(F)F)c1)c1c(F)cccc1Cl. The average molecular weight is 321 g/mol. The Labute approximate surface area is 121 Å². The molecule has 0 bridgehead atoms. The average Bonchev–Trinajstić information content (AvgIpc) is 2.37. The molecule has 0 heterocycles. The lowest BCUT2D eigenvalue weighted by Crippen LogP contribution is -2.12. The van der Waals surface area contributed by atoms with E-state index < -0.39 is 40.3 Å². The predicted octanol–water partition coefficient (Wildman–Crippen LogP) is 4.87. The Morgan fingerprint density at radius 1 is 1.00 bits per heavy atom. The number of carbonyl (C=O) groups excluding carboxylic acids is 1. The van der Waals surface area contributed by atoms with Crippen LogP contribution in [0.25, 0.3) is 0 Å². The van der Waals surface area contributed by atoms with Crippen LogP contribution in [0.5, 0.6) is 0 Å². The summed E-state index contributed by atoms with van der Waals surface area (Å²) in [6, 6.07) is 5.11. The summed E-state index contributed by atoms with van der Waals surface area (Å²) in [5.41, 5.74) is -2.66. The van der Waals surface area contributed by atoms with Crippen molar-refractivity contribution in [2.75, 3.05) is 0 Å². The van der Waals surface area contributed by atoms with E-state index >= 15 is 0 Å². The van der Waals surface area contributed by atoms with Crippen molar-refractivity contribution in [2.45, 2.75) is 6.18 Å². The van der Waals surface area contributed by atoms with Crippen LogP contribution in [0.2, 0.25) is 5.02 Å². The molecule has 0 amide bonds. The van der Waals surface area contributed by atoms with Crippen LogP contribution in [0, 0.1) is 11.6 Å². The molecule has 21 heavy (non-hydrogen) atoms. The quantitative estimate of drug-likeness (QED) is 0.570. The first kappa shape index (κ1) is 15.4. The Morgan fingerprint density at radius 2 is 1.67 bits per heavy atom. The molecule has 7 heteroatoms. The van der Waals surface area contributed by atoms with Gasteiger partial charge in [-0.15, -0.1) is 0 Å². The van der Waals surface area contributed by atoms with E-state index in [0.29, 0.717) is 12.1 Å².